The number of aromatic nitrogens is 3. The van der Waals surface area contributed by atoms with E-state index in [0.29, 0.717) is 17.0 Å². The van der Waals surface area contributed by atoms with Crippen molar-refractivity contribution in [2.45, 2.75) is 12.0 Å². The van der Waals surface area contributed by atoms with Crippen molar-refractivity contribution in [3.05, 3.63) is 83.3 Å². The number of carbonyl (C=O) groups is 1. The van der Waals surface area contributed by atoms with E-state index in [-0.39, 0.29) is 35.6 Å². The first kappa shape index (κ1) is 23.7. The monoisotopic (exact) mass is 504 g/mol. The number of carbonyl (C=O) groups excluding carboxylic acids is 1. The van der Waals surface area contributed by atoms with Crippen LogP contribution in [0.1, 0.15) is 11.5 Å². The summed E-state index contributed by atoms with van der Waals surface area (Å²) in [6, 6.07) is 10.8. The van der Waals surface area contributed by atoms with Crippen LogP contribution >= 0.6 is 0 Å². The van der Waals surface area contributed by atoms with Gasteiger partial charge in [0.15, 0.2) is 5.69 Å². The Morgan fingerprint density at radius 1 is 1.11 bits per heavy atom. The number of rotatable bonds is 7. The summed E-state index contributed by atoms with van der Waals surface area (Å²) in [5, 5.41) is 13.3. The number of ether oxygens (including phenoxy) is 2. The fourth-order valence-corrected chi connectivity index (χ4v) is 3.93. The highest BCUT2D eigenvalue weighted by molar-refractivity contribution is 5.88. The van der Waals surface area contributed by atoms with E-state index in [2.05, 4.69) is 30.7 Å². The quantitative estimate of drug-likeness (QED) is 0.355. The third-order valence-corrected chi connectivity index (χ3v) is 5.72. The summed E-state index contributed by atoms with van der Waals surface area (Å²) in [6.45, 7) is 7.09. The molecular weight excluding hydrogens is 486 g/mol. The van der Waals surface area contributed by atoms with Gasteiger partial charge in [-0.2, -0.15) is 0 Å². The van der Waals surface area contributed by atoms with E-state index in [4.69, 9.17) is 20.5 Å². The van der Waals surface area contributed by atoms with Crippen LogP contribution in [0.25, 0.3) is 16.3 Å². The molecule has 0 saturated carbocycles. The Morgan fingerprint density at radius 3 is 2.57 bits per heavy atom. The molecule has 1 amide bonds. The molecule has 3 heterocycles. The van der Waals surface area contributed by atoms with Crippen LogP contribution in [-0.2, 0) is 4.79 Å². The maximum atomic E-state index is 14.7. The summed E-state index contributed by atoms with van der Waals surface area (Å²) in [5.74, 6) is -2.03. The predicted octanol–water partition coefficient (Wildman–Crippen LogP) is 4.46. The number of amides is 1. The summed E-state index contributed by atoms with van der Waals surface area (Å²) in [5.41, 5.74) is 0.724. The molecule has 4 aromatic rings. The number of nitrogens with one attached hydrogen (secondary N) is 2. The van der Waals surface area contributed by atoms with Gasteiger partial charge in [-0.25, -0.2) is 18.6 Å². The first-order valence-corrected chi connectivity index (χ1v) is 11.0. The van der Waals surface area contributed by atoms with Crippen LogP contribution in [0.4, 0.5) is 20.5 Å². The van der Waals surface area contributed by atoms with Gasteiger partial charge in [0.25, 0.3) is 0 Å². The fourth-order valence-electron chi connectivity index (χ4n) is 3.93. The topological polar surface area (TPSA) is 116 Å². The maximum absolute atomic E-state index is 14.7. The highest BCUT2D eigenvalue weighted by Gasteiger charge is 2.40. The van der Waals surface area contributed by atoms with Crippen LogP contribution in [0.15, 0.2) is 59.1 Å². The second kappa shape index (κ2) is 9.90. The van der Waals surface area contributed by atoms with Crippen molar-refractivity contribution in [2.75, 3.05) is 19.0 Å². The minimum atomic E-state index is -1.04. The highest BCUT2D eigenvalue weighted by Crippen LogP contribution is 2.33. The lowest BCUT2D eigenvalue weighted by atomic mass is 9.93. The van der Waals surface area contributed by atoms with Crippen molar-refractivity contribution in [3.63, 3.8) is 0 Å². The molecule has 1 fully saturated rings. The third kappa shape index (κ3) is 4.87. The van der Waals surface area contributed by atoms with E-state index >= 15 is 0 Å². The lowest BCUT2D eigenvalue weighted by Crippen LogP contribution is -2.33. The zero-order valence-electron chi connectivity index (χ0n) is 19.2. The van der Waals surface area contributed by atoms with Crippen LogP contribution in [-0.4, -0.2) is 40.8 Å². The van der Waals surface area contributed by atoms with E-state index in [1.165, 1.54) is 19.4 Å². The van der Waals surface area contributed by atoms with Gasteiger partial charge in [0.2, 0.25) is 17.7 Å². The molecule has 2 N–H and O–H groups in total. The molecule has 0 bridgehead atoms. The van der Waals surface area contributed by atoms with Gasteiger partial charge in [-0.3, -0.25) is 4.79 Å². The second-order valence-corrected chi connectivity index (χ2v) is 7.98. The van der Waals surface area contributed by atoms with Crippen molar-refractivity contribution in [1.82, 2.24) is 20.5 Å². The van der Waals surface area contributed by atoms with Gasteiger partial charge in [-0.15, -0.1) is 5.10 Å². The Bertz CT molecular complexity index is 1480. The zero-order chi connectivity index (χ0) is 25.9. The fraction of sp³-hybridized carbons (Fsp3) is 0.160. The molecule has 1 aliphatic heterocycles. The number of pyridine rings is 1. The third-order valence-electron chi connectivity index (χ3n) is 5.72. The number of hydrogen-bond donors (Lipinski definition) is 2. The Morgan fingerprint density at radius 2 is 1.86 bits per heavy atom. The van der Waals surface area contributed by atoms with Gasteiger partial charge >= 0.3 is 6.01 Å². The van der Waals surface area contributed by atoms with Gasteiger partial charge in [-0.05, 0) is 30.3 Å². The second-order valence-electron chi connectivity index (χ2n) is 7.98. The molecule has 2 atom stereocenters. The smallest absolute Gasteiger partial charge is 0.316 e. The van der Waals surface area contributed by atoms with Crippen LogP contribution in [0.5, 0.6) is 17.4 Å². The molecule has 1 saturated heterocycles. The SMILES string of the molecule is [C-]#[N+]c1ccnc(Oc2ccc(-c3nnc(N[C@@H]4C(=O)NC[C@H]4c4c(F)cc(OC)cc4F)o3)cc2)c1. The lowest BCUT2D eigenvalue weighted by Gasteiger charge is -2.19. The predicted molar refractivity (Wildman–Crippen MR) is 126 cm³/mol. The summed E-state index contributed by atoms with van der Waals surface area (Å²) in [4.78, 5) is 19.8. The summed E-state index contributed by atoms with van der Waals surface area (Å²) >= 11 is 0. The molecular formula is C25H18F2N6O4. The number of halogens is 2. The Kier molecular flexibility index (Phi) is 6.34. The lowest BCUT2D eigenvalue weighted by molar-refractivity contribution is -0.119. The normalized spacial score (nSPS) is 16.6. The van der Waals surface area contributed by atoms with Gasteiger partial charge in [-0.1, -0.05) is 5.10 Å². The van der Waals surface area contributed by atoms with Crippen LogP contribution in [0.3, 0.4) is 0 Å². The summed E-state index contributed by atoms with van der Waals surface area (Å²) in [6.07, 6.45) is 1.48. The van der Waals surface area contributed by atoms with E-state index in [9.17, 15) is 13.6 Å². The number of hydrogen-bond acceptors (Lipinski definition) is 8. The average molecular weight is 504 g/mol. The molecule has 37 heavy (non-hydrogen) atoms. The van der Waals surface area contributed by atoms with Gasteiger partial charge in [0.05, 0.1) is 13.7 Å². The van der Waals surface area contributed by atoms with E-state index in [1.54, 1.807) is 30.3 Å². The summed E-state index contributed by atoms with van der Waals surface area (Å²) < 4.78 is 45.5. The van der Waals surface area contributed by atoms with Gasteiger partial charge in [0, 0.05) is 48.0 Å². The molecule has 2 aromatic carbocycles. The average Bonchev–Trinajstić information content (AvgIpc) is 3.51. The molecule has 186 valence electrons. The Labute approximate surface area is 209 Å². The maximum Gasteiger partial charge on any atom is 0.316 e. The minimum Gasteiger partial charge on any atom is -0.497 e. The molecule has 0 radical (unpaired) electrons. The molecule has 12 heteroatoms. The van der Waals surface area contributed by atoms with Crippen LogP contribution < -0.4 is 20.1 Å². The Balaban J connectivity index is 1.31. The van der Waals surface area contributed by atoms with Crippen molar-refractivity contribution >= 4 is 17.6 Å². The van der Waals surface area contributed by atoms with E-state index in [0.717, 1.165) is 12.1 Å². The molecule has 0 unspecified atom stereocenters. The largest absolute Gasteiger partial charge is 0.497 e. The Hall–Kier alpha value is -5.05. The minimum absolute atomic E-state index is 0.0206. The van der Waals surface area contributed by atoms with Crippen LogP contribution in [0, 0.1) is 18.2 Å². The molecule has 2 aromatic heterocycles. The number of benzene rings is 2. The zero-order valence-corrected chi connectivity index (χ0v) is 19.2. The molecule has 0 spiro atoms. The highest BCUT2D eigenvalue weighted by atomic mass is 19.1. The molecule has 1 aliphatic rings. The first-order chi connectivity index (χ1) is 17.9. The van der Waals surface area contributed by atoms with E-state index < -0.39 is 29.5 Å². The van der Waals surface area contributed by atoms with Crippen molar-refractivity contribution in [2.24, 2.45) is 0 Å². The van der Waals surface area contributed by atoms with Crippen molar-refractivity contribution in [3.8, 4) is 28.8 Å². The molecule has 5 rings (SSSR count). The van der Waals surface area contributed by atoms with Crippen molar-refractivity contribution in [1.29, 1.82) is 0 Å². The number of nitrogens with zero attached hydrogens (tertiary/aromatic N) is 4. The van der Waals surface area contributed by atoms with Gasteiger partial charge < -0.3 is 24.5 Å². The standard InChI is InChI=1S/C25H18F2N6O4/c1-28-14-7-8-29-20(9-14)36-15-5-3-13(4-6-15)24-32-33-25(37-24)31-22-17(12-30-23(22)34)21-18(26)10-16(35-2)11-19(21)27/h3-11,17,22H,12H2,2H3,(H,30,34)(H,31,33)/t17-,22-/m0/s1. The first-order valence-electron chi connectivity index (χ1n) is 11.0. The van der Waals surface area contributed by atoms with Gasteiger partial charge in [0.1, 0.15) is 29.2 Å². The number of methoxy groups -OCH3 is 1. The summed E-state index contributed by atoms with van der Waals surface area (Å²) in [7, 11) is 1.30. The van der Waals surface area contributed by atoms with Crippen molar-refractivity contribution < 1.29 is 27.5 Å². The molecule has 0 aliphatic carbocycles. The number of anilines is 1. The van der Waals surface area contributed by atoms with Crippen LogP contribution in [0.2, 0.25) is 0 Å². The van der Waals surface area contributed by atoms with E-state index in [1.807, 2.05) is 0 Å². The molecule has 10 nitrogen and oxygen atoms in total.